The van der Waals surface area contributed by atoms with Crippen molar-refractivity contribution in [1.29, 1.82) is 0 Å². The van der Waals surface area contributed by atoms with Crippen LogP contribution in [0.2, 0.25) is 0 Å². The SMILES string of the molecule is CCOC(=O)COc1c(OC)cccc1C(=O)OCC. The van der Waals surface area contributed by atoms with Gasteiger partial charge in [0.15, 0.2) is 18.1 Å². The fourth-order valence-electron chi connectivity index (χ4n) is 1.53. The Hall–Kier alpha value is -2.24. The van der Waals surface area contributed by atoms with Gasteiger partial charge in [0, 0.05) is 0 Å². The number of carbonyl (C=O) groups is 2. The molecule has 0 aliphatic heterocycles. The molecule has 0 bridgehead atoms. The minimum atomic E-state index is -0.537. The van der Waals surface area contributed by atoms with Gasteiger partial charge in [0.1, 0.15) is 5.56 Å². The molecule has 1 aromatic carbocycles. The van der Waals surface area contributed by atoms with Gasteiger partial charge in [-0.1, -0.05) is 6.07 Å². The Balaban J connectivity index is 2.95. The van der Waals surface area contributed by atoms with Crippen LogP contribution in [0.3, 0.4) is 0 Å². The highest BCUT2D eigenvalue weighted by Crippen LogP contribution is 2.31. The van der Waals surface area contributed by atoms with E-state index in [9.17, 15) is 9.59 Å². The van der Waals surface area contributed by atoms with E-state index in [0.717, 1.165) is 0 Å². The quantitative estimate of drug-likeness (QED) is 0.710. The van der Waals surface area contributed by atoms with Gasteiger partial charge in [0.2, 0.25) is 0 Å². The first-order chi connectivity index (χ1) is 9.63. The second kappa shape index (κ2) is 8.04. The highest BCUT2D eigenvalue weighted by molar-refractivity contribution is 5.93. The molecule has 0 aliphatic rings. The molecule has 0 unspecified atom stereocenters. The van der Waals surface area contributed by atoms with Gasteiger partial charge in [-0.2, -0.15) is 0 Å². The van der Waals surface area contributed by atoms with Crippen LogP contribution in [0.4, 0.5) is 0 Å². The minimum absolute atomic E-state index is 0.168. The number of methoxy groups -OCH3 is 1. The maximum Gasteiger partial charge on any atom is 0.344 e. The molecule has 1 rings (SSSR count). The molecule has 0 heterocycles. The van der Waals surface area contributed by atoms with Gasteiger partial charge >= 0.3 is 11.9 Å². The van der Waals surface area contributed by atoms with Gasteiger partial charge in [0.25, 0.3) is 0 Å². The molecule has 6 heteroatoms. The molecule has 0 spiro atoms. The van der Waals surface area contributed by atoms with Gasteiger partial charge in [-0.15, -0.1) is 0 Å². The molecular weight excluding hydrogens is 264 g/mol. The highest BCUT2D eigenvalue weighted by Gasteiger charge is 2.19. The van der Waals surface area contributed by atoms with E-state index in [4.69, 9.17) is 18.9 Å². The molecule has 0 aromatic heterocycles. The fourth-order valence-corrected chi connectivity index (χ4v) is 1.53. The third-order valence-corrected chi connectivity index (χ3v) is 2.33. The molecule has 110 valence electrons. The standard InChI is InChI=1S/C14H18O6/c1-4-18-12(15)9-20-13-10(14(16)19-5-2)7-6-8-11(13)17-3/h6-8H,4-5,9H2,1-3H3. The van der Waals surface area contributed by atoms with E-state index < -0.39 is 11.9 Å². The number of carbonyl (C=O) groups excluding carboxylic acids is 2. The summed E-state index contributed by atoms with van der Waals surface area (Å²) < 4.78 is 20.2. The number of benzene rings is 1. The van der Waals surface area contributed by atoms with Gasteiger partial charge in [-0.05, 0) is 26.0 Å². The average molecular weight is 282 g/mol. The zero-order valence-corrected chi connectivity index (χ0v) is 11.8. The van der Waals surface area contributed by atoms with Gasteiger partial charge < -0.3 is 18.9 Å². The topological polar surface area (TPSA) is 71.1 Å². The van der Waals surface area contributed by atoms with Crippen molar-refractivity contribution >= 4 is 11.9 Å². The van der Waals surface area contributed by atoms with E-state index in [-0.39, 0.29) is 31.1 Å². The predicted molar refractivity (Wildman–Crippen MR) is 71.1 cm³/mol. The minimum Gasteiger partial charge on any atom is -0.493 e. The highest BCUT2D eigenvalue weighted by atomic mass is 16.6. The zero-order chi connectivity index (χ0) is 15.0. The summed E-state index contributed by atoms with van der Waals surface area (Å²) in [5.74, 6) is -0.542. The summed E-state index contributed by atoms with van der Waals surface area (Å²) in [4.78, 5) is 23.1. The molecule has 6 nitrogen and oxygen atoms in total. The second-order valence-electron chi connectivity index (χ2n) is 3.65. The van der Waals surface area contributed by atoms with Crippen LogP contribution in [0, 0.1) is 0 Å². The molecule has 0 saturated carbocycles. The van der Waals surface area contributed by atoms with Crippen molar-refractivity contribution < 1.29 is 28.5 Å². The Morgan fingerprint density at radius 3 is 2.40 bits per heavy atom. The molecule has 0 radical (unpaired) electrons. The summed E-state index contributed by atoms with van der Waals surface area (Å²) in [6, 6.07) is 4.81. The Morgan fingerprint density at radius 2 is 1.80 bits per heavy atom. The molecule has 0 amide bonds. The number of ether oxygens (including phenoxy) is 4. The molecule has 20 heavy (non-hydrogen) atoms. The normalized spacial score (nSPS) is 9.75. The number of hydrogen-bond acceptors (Lipinski definition) is 6. The fraction of sp³-hybridized carbons (Fsp3) is 0.429. The zero-order valence-electron chi connectivity index (χ0n) is 11.8. The van der Waals surface area contributed by atoms with E-state index in [0.29, 0.717) is 5.75 Å². The van der Waals surface area contributed by atoms with Crippen molar-refractivity contribution in [3.05, 3.63) is 23.8 Å². The van der Waals surface area contributed by atoms with E-state index >= 15 is 0 Å². The summed E-state index contributed by atoms with van der Waals surface area (Å²) >= 11 is 0. The van der Waals surface area contributed by atoms with Crippen molar-refractivity contribution in [1.82, 2.24) is 0 Å². The van der Waals surface area contributed by atoms with Crippen molar-refractivity contribution in [3.63, 3.8) is 0 Å². The first kappa shape index (κ1) is 15.8. The van der Waals surface area contributed by atoms with E-state index in [1.807, 2.05) is 0 Å². The van der Waals surface area contributed by atoms with Crippen LogP contribution in [-0.4, -0.2) is 38.9 Å². The lowest BCUT2D eigenvalue weighted by molar-refractivity contribution is -0.145. The maximum atomic E-state index is 11.8. The lowest BCUT2D eigenvalue weighted by atomic mass is 10.2. The van der Waals surface area contributed by atoms with Crippen LogP contribution in [0.1, 0.15) is 24.2 Å². The predicted octanol–water partition coefficient (Wildman–Crippen LogP) is 1.81. The number of para-hydroxylation sites is 1. The summed E-state index contributed by atoms with van der Waals surface area (Å²) in [5.41, 5.74) is 0.204. The van der Waals surface area contributed by atoms with Gasteiger partial charge in [-0.25, -0.2) is 9.59 Å². The van der Waals surface area contributed by atoms with E-state index in [2.05, 4.69) is 0 Å². The first-order valence-corrected chi connectivity index (χ1v) is 6.26. The second-order valence-corrected chi connectivity index (χ2v) is 3.65. The average Bonchev–Trinajstić information content (AvgIpc) is 2.45. The van der Waals surface area contributed by atoms with Crippen LogP contribution in [-0.2, 0) is 14.3 Å². The van der Waals surface area contributed by atoms with Crippen molar-refractivity contribution in [2.24, 2.45) is 0 Å². The lowest BCUT2D eigenvalue weighted by Crippen LogP contribution is -2.17. The lowest BCUT2D eigenvalue weighted by Gasteiger charge is -2.13. The Bertz CT molecular complexity index is 469. The van der Waals surface area contributed by atoms with E-state index in [1.165, 1.54) is 7.11 Å². The van der Waals surface area contributed by atoms with Crippen molar-refractivity contribution in [2.75, 3.05) is 26.9 Å². The Morgan fingerprint density at radius 1 is 1.10 bits per heavy atom. The molecule has 0 aliphatic carbocycles. The molecule has 0 atom stereocenters. The van der Waals surface area contributed by atoms with Crippen molar-refractivity contribution in [2.45, 2.75) is 13.8 Å². The van der Waals surface area contributed by atoms with Crippen LogP contribution in [0.5, 0.6) is 11.5 Å². The molecular formula is C14H18O6. The molecule has 0 saturated heterocycles. The van der Waals surface area contributed by atoms with Crippen LogP contribution in [0.25, 0.3) is 0 Å². The van der Waals surface area contributed by atoms with Gasteiger partial charge in [-0.3, -0.25) is 0 Å². The van der Waals surface area contributed by atoms with Crippen LogP contribution in [0.15, 0.2) is 18.2 Å². The molecule has 0 N–H and O–H groups in total. The van der Waals surface area contributed by atoms with E-state index in [1.54, 1.807) is 32.0 Å². The summed E-state index contributed by atoms with van der Waals surface area (Å²) in [7, 11) is 1.45. The largest absolute Gasteiger partial charge is 0.493 e. The smallest absolute Gasteiger partial charge is 0.344 e. The number of esters is 2. The molecule has 0 fully saturated rings. The van der Waals surface area contributed by atoms with Crippen LogP contribution < -0.4 is 9.47 Å². The maximum absolute atomic E-state index is 11.8. The summed E-state index contributed by atoms with van der Waals surface area (Å²) in [5, 5.41) is 0. The monoisotopic (exact) mass is 282 g/mol. The summed E-state index contributed by atoms with van der Waals surface area (Å²) in [6.07, 6.45) is 0. The van der Waals surface area contributed by atoms with Crippen LogP contribution >= 0.6 is 0 Å². The van der Waals surface area contributed by atoms with Crippen molar-refractivity contribution in [3.8, 4) is 11.5 Å². The summed E-state index contributed by atoms with van der Waals surface area (Å²) in [6.45, 7) is 3.61. The number of rotatable bonds is 7. The van der Waals surface area contributed by atoms with Gasteiger partial charge in [0.05, 0.1) is 20.3 Å². The third-order valence-electron chi connectivity index (χ3n) is 2.33. The Kier molecular flexibility index (Phi) is 6.36. The molecule has 1 aromatic rings. The Labute approximate surface area is 117 Å². The third kappa shape index (κ3) is 4.15. The first-order valence-electron chi connectivity index (χ1n) is 6.26. The number of hydrogen-bond donors (Lipinski definition) is 0.